The Kier molecular flexibility index (Phi) is 7.38. The summed E-state index contributed by atoms with van der Waals surface area (Å²) in [6.07, 6.45) is 0. The normalized spacial score (nSPS) is 13.0. The molecule has 3 N–H and O–H groups in total. The Bertz CT molecular complexity index is 950. The van der Waals surface area contributed by atoms with Crippen LogP contribution in [0.2, 0.25) is 0 Å². The van der Waals surface area contributed by atoms with Crippen molar-refractivity contribution in [3.8, 4) is 0 Å². The van der Waals surface area contributed by atoms with Crippen LogP contribution in [0.3, 0.4) is 0 Å². The lowest BCUT2D eigenvalue weighted by molar-refractivity contribution is -0.881. The van der Waals surface area contributed by atoms with Crippen LogP contribution in [0, 0.1) is 0 Å². The van der Waals surface area contributed by atoms with Gasteiger partial charge in [0.2, 0.25) is 0 Å². The summed E-state index contributed by atoms with van der Waals surface area (Å²) >= 11 is 1.62. The van der Waals surface area contributed by atoms with Crippen LogP contribution < -0.4 is 15.5 Å². The highest BCUT2D eigenvalue weighted by Crippen LogP contribution is 2.23. The van der Waals surface area contributed by atoms with Gasteiger partial charge in [0.05, 0.1) is 19.1 Å². The lowest BCUT2D eigenvalue weighted by Gasteiger charge is -2.20. The molecule has 2 amide bonds. The van der Waals surface area contributed by atoms with E-state index in [0.29, 0.717) is 13.1 Å². The smallest absolute Gasteiger partial charge is 0.275 e. The van der Waals surface area contributed by atoms with Crippen LogP contribution in [-0.2, 0) is 16.1 Å². The first-order valence-electron chi connectivity index (χ1n) is 9.96. The summed E-state index contributed by atoms with van der Waals surface area (Å²) in [6.45, 7) is 5.80. The summed E-state index contributed by atoms with van der Waals surface area (Å²) in [4.78, 5) is 26.9. The van der Waals surface area contributed by atoms with Gasteiger partial charge in [-0.05, 0) is 41.6 Å². The summed E-state index contributed by atoms with van der Waals surface area (Å²) in [6, 6.07) is 18.2. The molecule has 0 aliphatic heterocycles. The molecule has 5 nitrogen and oxygen atoms in total. The molecule has 0 saturated carbocycles. The van der Waals surface area contributed by atoms with Crippen molar-refractivity contribution in [2.24, 2.45) is 0 Å². The number of carbonyl (C=O) groups is 2. The maximum Gasteiger partial charge on any atom is 0.275 e. The predicted octanol–water partition coefficient (Wildman–Crippen LogP) is 2.30. The first kappa shape index (κ1) is 21.0. The maximum atomic E-state index is 12.6. The molecule has 1 unspecified atom stereocenters. The average Bonchev–Trinajstić information content (AvgIpc) is 3.25. The highest BCUT2D eigenvalue weighted by molar-refractivity contribution is 7.09. The minimum Gasteiger partial charge on any atom is -0.346 e. The molecule has 152 valence electrons. The summed E-state index contributed by atoms with van der Waals surface area (Å²) in [5, 5.41) is 10.3. The summed E-state index contributed by atoms with van der Waals surface area (Å²) in [5.74, 6) is -0.0847. The van der Waals surface area contributed by atoms with Crippen LogP contribution in [0.15, 0.2) is 60.0 Å². The van der Waals surface area contributed by atoms with Gasteiger partial charge in [-0.1, -0.05) is 48.5 Å². The fourth-order valence-electron chi connectivity index (χ4n) is 3.43. The third-order valence-electron chi connectivity index (χ3n) is 5.03. The van der Waals surface area contributed by atoms with E-state index in [1.807, 2.05) is 49.6 Å². The molecule has 0 bridgehead atoms. The molecule has 0 spiro atoms. The molecule has 1 heterocycles. The van der Waals surface area contributed by atoms with Crippen LogP contribution in [-0.4, -0.2) is 31.4 Å². The minimum absolute atomic E-state index is 0.0369. The standard InChI is InChI=1S/C23H27N3O2S/c1-3-26(15-22(27)24-14-19-10-7-13-29-19)16-23(28)25-17(2)20-12-6-9-18-8-4-5-11-21(18)20/h4-13,17H,3,14-16H2,1-2H3,(H,24,27)(H,25,28)/p+1/t17-/m0/s1. The third kappa shape index (κ3) is 5.89. The van der Waals surface area contributed by atoms with Gasteiger partial charge in [0.1, 0.15) is 0 Å². The van der Waals surface area contributed by atoms with Crippen molar-refractivity contribution in [3.05, 3.63) is 70.4 Å². The third-order valence-corrected chi connectivity index (χ3v) is 5.90. The molecule has 0 saturated heterocycles. The first-order valence-corrected chi connectivity index (χ1v) is 10.8. The number of carbonyl (C=O) groups excluding carboxylic acids is 2. The zero-order valence-electron chi connectivity index (χ0n) is 16.9. The summed E-state index contributed by atoms with van der Waals surface area (Å²) in [5.41, 5.74) is 1.10. The van der Waals surface area contributed by atoms with Gasteiger partial charge in [0.25, 0.3) is 11.8 Å². The zero-order chi connectivity index (χ0) is 20.6. The quantitative estimate of drug-likeness (QED) is 0.507. The van der Waals surface area contributed by atoms with Gasteiger partial charge in [0, 0.05) is 4.88 Å². The molecule has 3 rings (SSSR count). The largest absolute Gasteiger partial charge is 0.346 e. The number of rotatable bonds is 9. The number of hydrogen-bond acceptors (Lipinski definition) is 3. The Morgan fingerprint density at radius 2 is 1.76 bits per heavy atom. The van der Waals surface area contributed by atoms with Crippen LogP contribution in [0.25, 0.3) is 10.8 Å². The highest BCUT2D eigenvalue weighted by atomic mass is 32.1. The molecular weight excluding hydrogens is 382 g/mol. The predicted molar refractivity (Wildman–Crippen MR) is 118 cm³/mol. The number of likely N-dealkylation sites (N-methyl/N-ethyl adjacent to an activating group) is 1. The second-order valence-corrected chi connectivity index (χ2v) is 8.20. The Labute approximate surface area is 175 Å². The second kappa shape index (κ2) is 10.2. The zero-order valence-corrected chi connectivity index (χ0v) is 17.7. The molecule has 6 heteroatoms. The van der Waals surface area contributed by atoms with Crippen LogP contribution in [0.1, 0.15) is 30.3 Å². The number of quaternary nitrogens is 1. The van der Waals surface area contributed by atoms with Gasteiger partial charge in [-0.25, -0.2) is 0 Å². The van der Waals surface area contributed by atoms with E-state index in [2.05, 4.69) is 34.9 Å². The van der Waals surface area contributed by atoms with Gasteiger partial charge in [-0.3, -0.25) is 9.59 Å². The van der Waals surface area contributed by atoms with E-state index >= 15 is 0 Å². The van der Waals surface area contributed by atoms with E-state index in [1.165, 1.54) is 0 Å². The van der Waals surface area contributed by atoms with E-state index in [1.54, 1.807) is 11.3 Å². The van der Waals surface area contributed by atoms with E-state index in [-0.39, 0.29) is 30.9 Å². The molecule has 29 heavy (non-hydrogen) atoms. The summed E-state index contributed by atoms with van der Waals surface area (Å²) in [7, 11) is 0. The number of amides is 2. The Morgan fingerprint density at radius 3 is 2.52 bits per heavy atom. The van der Waals surface area contributed by atoms with Crippen molar-refractivity contribution in [1.29, 1.82) is 0 Å². The lowest BCUT2D eigenvalue weighted by Crippen LogP contribution is -3.14. The molecule has 0 radical (unpaired) electrons. The summed E-state index contributed by atoms with van der Waals surface area (Å²) < 4.78 is 0. The Hall–Kier alpha value is -2.70. The molecule has 2 atom stereocenters. The average molecular weight is 411 g/mol. The Morgan fingerprint density at radius 1 is 1.00 bits per heavy atom. The van der Waals surface area contributed by atoms with Crippen molar-refractivity contribution in [3.63, 3.8) is 0 Å². The molecular formula is C23H28N3O2S+. The molecule has 0 fully saturated rings. The van der Waals surface area contributed by atoms with Crippen LogP contribution >= 0.6 is 11.3 Å². The fraction of sp³-hybridized carbons (Fsp3) is 0.304. The van der Waals surface area contributed by atoms with E-state index in [0.717, 1.165) is 26.1 Å². The number of fused-ring (bicyclic) bond motifs is 1. The van der Waals surface area contributed by atoms with Crippen molar-refractivity contribution in [1.82, 2.24) is 10.6 Å². The van der Waals surface area contributed by atoms with Gasteiger partial charge < -0.3 is 15.5 Å². The Balaban J connectivity index is 1.53. The van der Waals surface area contributed by atoms with Gasteiger partial charge in [-0.2, -0.15) is 0 Å². The van der Waals surface area contributed by atoms with Crippen LogP contribution in [0.5, 0.6) is 0 Å². The van der Waals surface area contributed by atoms with E-state index < -0.39 is 0 Å². The molecule has 0 aliphatic rings. The monoisotopic (exact) mass is 410 g/mol. The first-order chi connectivity index (χ1) is 14.1. The molecule has 1 aromatic heterocycles. The number of benzene rings is 2. The minimum atomic E-state index is -0.0978. The van der Waals surface area contributed by atoms with Gasteiger partial charge in [0.15, 0.2) is 13.1 Å². The van der Waals surface area contributed by atoms with E-state index in [4.69, 9.17) is 0 Å². The maximum absolute atomic E-state index is 12.6. The molecule has 0 aliphatic carbocycles. The van der Waals surface area contributed by atoms with Gasteiger partial charge in [-0.15, -0.1) is 11.3 Å². The van der Waals surface area contributed by atoms with Crippen molar-refractivity contribution in [2.75, 3.05) is 19.6 Å². The SMILES string of the molecule is CC[NH+](CC(=O)NCc1cccs1)CC(=O)N[C@@H](C)c1cccc2ccccc12. The number of hydrogen-bond donors (Lipinski definition) is 3. The number of nitrogens with one attached hydrogen (secondary N) is 3. The topological polar surface area (TPSA) is 62.6 Å². The lowest BCUT2D eigenvalue weighted by atomic mass is 10.00. The molecule has 2 aromatic carbocycles. The second-order valence-electron chi connectivity index (χ2n) is 7.17. The fourth-order valence-corrected chi connectivity index (χ4v) is 4.07. The van der Waals surface area contributed by atoms with Crippen LogP contribution in [0.4, 0.5) is 0 Å². The van der Waals surface area contributed by atoms with Crippen molar-refractivity contribution >= 4 is 33.9 Å². The highest BCUT2D eigenvalue weighted by Gasteiger charge is 2.19. The van der Waals surface area contributed by atoms with Crippen molar-refractivity contribution < 1.29 is 14.5 Å². The van der Waals surface area contributed by atoms with Gasteiger partial charge >= 0.3 is 0 Å². The number of thiophene rings is 1. The molecule has 3 aromatic rings. The van der Waals surface area contributed by atoms with E-state index in [9.17, 15) is 9.59 Å². The van der Waals surface area contributed by atoms with Crippen molar-refractivity contribution in [2.45, 2.75) is 26.4 Å².